The standard InChI is InChI=1S/C12H20N4O2/c1-9(17)7-14-10-4-5-11(15-8-10)16-12(18)3-2-6-13/h4-5,8-9,14,17H,2-3,6-7,13H2,1H3,(H,15,16,18). The van der Waals surface area contributed by atoms with Crippen molar-refractivity contribution in [2.45, 2.75) is 25.9 Å². The number of amides is 1. The first kappa shape index (κ1) is 14.4. The number of hydrogen-bond acceptors (Lipinski definition) is 5. The number of carbonyl (C=O) groups excluding carboxylic acids is 1. The molecule has 1 atom stereocenters. The van der Waals surface area contributed by atoms with E-state index in [1.807, 2.05) is 0 Å². The molecule has 5 N–H and O–H groups in total. The van der Waals surface area contributed by atoms with Crippen LogP contribution < -0.4 is 16.4 Å². The number of aromatic nitrogens is 1. The van der Waals surface area contributed by atoms with Crippen LogP contribution in [0.5, 0.6) is 0 Å². The second kappa shape index (κ2) is 7.62. The van der Waals surface area contributed by atoms with Crippen molar-refractivity contribution in [2.24, 2.45) is 5.73 Å². The van der Waals surface area contributed by atoms with Gasteiger partial charge in [-0.25, -0.2) is 4.98 Å². The molecule has 1 unspecified atom stereocenters. The van der Waals surface area contributed by atoms with E-state index in [9.17, 15) is 4.79 Å². The van der Waals surface area contributed by atoms with E-state index >= 15 is 0 Å². The summed E-state index contributed by atoms with van der Waals surface area (Å²) in [4.78, 5) is 15.5. The van der Waals surface area contributed by atoms with E-state index in [-0.39, 0.29) is 5.91 Å². The molecular formula is C12H20N4O2. The highest BCUT2D eigenvalue weighted by atomic mass is 16.3. The number of anilines is 2. The molecule has 0 bridgehead atoms. The van der Waals surface area contributed by atoms with Gasteiger partial charge >= 0.3 is 0 Å². The molecule has 0 radical (unpaired) electrons. The van der Waals surface area contributed by atoms with Gasteiger partial charge in [0, 0.05) is 13.0 Å². The molecular weight excluding hydrogens is 232 g/mol. The number of nitrogens with two attached hydrogens (primary N) is 1. The normalized spacial score (nSPS) is 11.9. The summed E-state index contributed by atoms with van der Waals surface area (Å²) in [5.41, 5.74) is 6.13. The van der Waals surface area contributed by atoms with Crippen molar-refractivity contribution in [2.75, 3.05) is 23.7 Å². The van der Waals surface area contributed by atoms with Gasteiger partial charge in [-0.3, -0.25) is 4.79 Å². The number of nitrogens with one attached hydrogen (secondary N) is 2. The van der Waals surface area contributed by atoms with Gasteiger partial charge in [-0.2, -0.15) is 0 Å². The third-order valence-electron chi connectivity index (χ3n) is 2.24. The number of aliphatic hydroxyl groups is 1. The molecule has 0 fully saturated rings. The SMILES string of the molecule is CC(O)CNc1ccc(NC(=O)CCCN)nc1. The molecule has 6 heteroatoms. The van der Waals surface area contributed by atoms with Crippen LogP contribution >= 0.6 is 0 Å². The van der Waals surface area contributed by atoms with Crippen LogP contribution in [-0.4, -0.2) is 35.2 Å². The highest BCUT2D eigenvalue weighted by Crippen LogP contribution is 2.10. The number of nitrogens with zero attached hydrogens (tertiary/aromatic N) is 1. The van der Waals surface area contributed by atoms with Crippen molar-refractivity contribution < 1.29 is 9.90 Å². The van der Waals surface area contributed by atoms with Gasteiger partial charge < -0.3 is 21.5 Å². The topological polar surface area (TPSA) is 100 Å². The predicted octanol–water partition coefficient (Wildman–Crippen LogP) is 0.552. The van der Waals surface area contributed by atoms with Crippen molar-refractivity contribution in [3.8, 4) is 0 Å². The Morgan fingerprint density at radius 3 is 2.89 bits per heavy atom. The number of hydrogen-bond donors (Lipinski definition) is 4. The van der Waals surface area contributed by atoms with E-state index in [0.29, 0.717) is 31.7 Å². The van der Waals surface area contributed by atoms with Crippen LogP contribution in [0.2, 0.25) is 0 Å². The van der Waals surface area contributed by atoms with E-state index in [1.165, 1.54) is 0 Å². The lowest BCUT2D eigenvalue weighted by atomic mass is 10.3. The van der Waals surface area contributed by atoms with Crippen LogP contribution in [0.25, 0.3) is 0 Å². The highest BCUT2D eigenvalue weighted by Gasteiger charge is 2.03. The number of aliphatic hydroxyl groups excluding tert-OH is 1. The van der Waals surface area contributed by atoms with Crippen LogP contribution in [0.15, 0.2) is 18.3 Å². The summed E-state index contributed by atoms with van der Waals surface area (Å²) >= 11 is 0. The van der Waals surface area contributed by atoms with Crippen molar-refractivity contribution in [1.29, 1.82) is 0 Å². The van der Waals surface area contributed by atoms with Crippen LogP contribution in [0.1, 0.15) is 19.8 Å². The zero-order valence-corrected chi connectivity index (χ0v) is 10.5. The Kier molecular flexibility index (Phi) is 6.10. The first-order chi connectivity index (χ1) is 8.61. The third kappa shape index (κ3) is 5.60. The molecule has 0 saturated heterocycles. The van der Waals surface area contributed by atoms with E-state index < -0.39 is 6.10 Å². The first-order valence-corrected chi connectivity index (χ1v) is 5.99. The summed E-state index contributed by atoms with van der Waals surface area (Å²) in [7, 11) is 0. The molecule has 18 heavy (non-hydrogen) atoms. The van der Waals surface area contributed by atoms with E-state index in [1.54, 1.807) is 25.3 Å². The average molecular weight is 252 g/mol. The molecule has 0 spiro atoms. The third-order valence-corrected chi connectivity index (χ3v) is 2.24. The van der Waals surface area contributed by atoms with Gasteiger partial charge in [-0.15, -0.1) is 0 Å². The fourth-order valence-corrected chi connectivity index (χ4v) is 1.31. The minimum absolute atomic E-state index is 0.0855. The molecule has 100 valence electrons. The Morgan fingerprint density at radius 1 is 1.56 bits per heavy atom. The number of carbonyl (C=O) groups is 1. The summed E-state index contributed by atoms with van der Waals surface area (Å²) < 4.78 is 0. The van der Waals surface area contributed by atoms with Crippen molar-refractivity contribution in [1.82, 2.24) is 4.98 Å². The van der Waals surface area contributed by atoms with Gasteiger partial charge in [-0.05, 0) is 32.0 Å². The average Bonchev–Trinajstić information content (AvgIpc) is 2.35. The lowest BCUT2D eigenvalue weighted by molar-refractivity contribution is -0.116. The van der Waals surface area contributed by atoms with Gasteiger partial charge in [0.25, 0.3) is 0 Å². The van der Waals surface area contributed by atoms with Gasteiger partial charge in [0.05, 0.1) is 18.0 Å². The largest absolute Gasteiger partial charge is 0.392 e. The van der Waals surface area contributed by atoms with E-state index in [4.69, 9.17) is 10.8 Å². The molecule has 6 nitrogen and oxygen atoms in total. The summed E-state index contributed by atoms with van der Waals surface area (Å²) in [6.45, 7) is 2.67. The molecule has 0 saturated carbocycles. The molecule has 1 amide bonds. The molecule has 1 aromatic rings. The van der Waals surface area contributed by atoms with Crippen LogP contribution in [0, 0.1) is 0 Å². The Bertz CT molecular complexity index is 365. The summed E-state index contributed by atoms with van der Waals surface area (Å²) in [6, 6.07) is 3.51. The maximum atomic E-state index is 11.4. The van der Waals surface area contributed by atoms with Crippen molar-refractivity contribution >= 4 is 17.4 Å². The molecule has 1 heterocycles. The molecule has 1 rings (SSSR count). The van der Waals surface area contributed by atoms with Gasteiger partial charge in [0.15, 0.2) is 0 Å². The van der Waals surface area contributed by atoms with Gasteiger partial charge in [-0.1, -0.05) is 0 Å². The smallest absolute Gasteiger partial charge is 0.225 e. The Morgan fingerprint density at radius 2 is 2.33 bits per heavy atom. The second-order valence-corrected chi connectivity index (χ2v) is 4.10. The first-order valence-electron chi connectivity index (χ1n) is 5.99. The van der Waals surface area contributed by atoms with Crippen LogP contribution in [0.4, 0.5) is 11.5 Å². The maximum absolute atomic E-state index is 11.4. The zero-order chi connectivity index (χ0) is 13.4. The van der Waals surface area contributed by atoms with Crippen molar-refractivity contribution in [3.05, 3.63) is 18.3 Å². The quantitative estimate of drug-likeness (QED) is 0.568. The van der Waals surface area contributed by atoms with Gasteiger partial charge in [0.1, 0.15) is 5.82 Å². The zero-order valence-electron chi connectivity index (χ0n) is 10.5. The molecule has 0 aliphatic carbocycles. The minimum atomic E-state index is -0.416. The second-order valence-electron chi connectivity index (χ2n) is 4.10. The maximum Gasteiger partial charge on any atom is 0.225 e. The fourth-order valence-electron chi connectivity index (χ4n) is 1.31. The highest BCUT2D eigenvalue weighted by molar-refractivity contribution is 5.89. The monoisotopic (exact) mass is 252 g/mol. The molecule has 0 aliphatic rings. The lowest BCUT2D eigenvalue weighted by Crippen LogP contribution is -2.16. The molecule has 0 aliphatic heterocycles. The predicted molar refractivity (Wildman–Crippen MR) is 71.3 cm³/mol. The van der Waals surface area contributed by atoms with E-state index in [0.717, 1.165) is 5.69 Å². The lowest BCUT2D eigenvalue weighted by Gasteiger charge is -2.09. The Balaban J connectivity index is 2.42. The van der Waals surface area contributed by atoms with Crippen molar-refractivity contribution in [3.63, 3.8) is 0 Å². The Labute approximate surface area is 107 Å². The van der Waals surface area contributed by atoms with Crippen LogP contribution in [0.3, 0.4) is 0 Å². The summed E-state index contributed by atoms with van der Waals surface area (Å²) in [6.07, 6.45) is 2.27. The van der Waals surface area contributed by atoms with Gasteiger partial charge in [0.2, 0.25) is 5.91 Å². The summed E-state index contributed by atoms with van der Waals surface area (Å²) in [5, 5.41) is 14.8. The fraction of sp³-hybridized carbons (Fsp3) is 0.500. The van der Waals surface area contributed by atoms with Crippen LogP contribution in [-0.2, 0) is 4.79 Å². The van der Waals surface area contributed by atoms with E-state index in [2.05, 4.69) is 15.6 Å². The summed E-state index contributed by atoms with van der Waals surface area (Å²) in [5.74, 6) is 0.428. The molecule has 1 aromatic heterocycles. The number of pyridine rings is 1. The Hall–Kier alpha value is -1.66. The molecule has 0 aromatic carbocycles. The minimum Gasteiger partial charge on any atom is -0.392 e. The number of rotatable bonds is 7.